The van der Waals surface area contributed by atoms with Crippen LogP contribution in [0.1, 0.15) is 54.9 Å². The Labute approximate surface area is 326 Å². The van der Waals surface area contributed by atoms with Crippen molar-refractivity contribution in [3.63, 3.8) is 0 Å². The molecule has 1 saturated heterocycles. The Bertz CT molecular complexity index is 1730. The third-order valence-electron chi connectivity index (χ3n) is 9.87. The number of hydrogen-bond donors (Lipinski definition) is 1. The van der Waals surface area contributed by atoms with Crippen LogP contribution in [0.3, 0.4) is 0 Å². The molecule has 8 nitrogen and oxygen atoms in total. The smallest absolute Gasteiger partial charge is 0.225 e. The Hall–Kier alpha value is -4.41. The van der Waals surface area contributed by atoms with Gasteiger partial charge in [-0.25, -0.2) is 0 Å². The highest BCUT2D eigenvalue weighted by Gasteiger charge is 2.49. The Kier molecular flexibility index (Phi) is 16.3. The molecule has 4 aromatic carbocycles. The molecule has 1 heterocycles. The number of rotatable bonds is 22. The molecule has 0 unspecified atom stereocenters. The summed E-state index contributed by atoms with van der Waals surface area (Å²) in [6, 6.07) is 40.2. The zero-order valence-electron chi connectivity index (χ0n) is 31.9. The van der Waals surface area contributed by atoms with Gasteiger partial charge in [-0.3, -0.25) is 4.79 Å². The molecule has 290 valence electrons. The van der Waals surface area contributed by atoms with E-state index in [0.29, 0.717) is 33.0 Å². The second-order valence-electron chi connectivity index (χ2n) is 14.3. The highest BCUT2D eigenvalue weighted by molar-refractivity contribution is 5.78. The van der Waals surface area contributed by atoms with Crippen LogP contribution in [0.5, 0.6) is 0 Å². The molecule has 4 aromatic rings. The fraction of sp³-hybridized carbons (Fsp3) is 0.383. The van der Waals surface area contributed by atoms with E-state index in [1.54, 1.807) is 0 Å². The van der Waals surface area contributed by atoms with Crippen molar-refractivity contribution in [3.8, 4) is 0 Å². The minimum Gasteiger partial charge on any atom is -0.374 e. The van der Waals surface area contributed by atoms with Crippen LogP contribution in [-0.2, 0) is 59.6 Å². The monoisotopic (exact) mass is 745 g/mol. The van der Waals surface area contributed by atoms with Crippen LogP contribution in [0.25, 0.3) is 0 Å². The highest BCUT2D eigenvalue weighted by atomic mass is 16.7. The molecule has 1 aliphatic heterocycles. The van der Waals surface area contributed by atoms with Gasteiger partial charge in [0.2, 0.25) is 5.91 Å². The van der Waals surface area contributed by atoms with Gasteiger partial charge >= 0.3 is 0 Å². The molecule has 1 amide bonds. The average Bonchev–Trinajstić information content (AvgIpc) is 3.76. The Morgan fingerprint density at radius 3 is 1.75 bits per heavy atom. The van der Waals surface area contributed by atoms with Crippen LogP contribution < -0.4 is 5.32 Å². The molecule has 2 aliphatic rings. The molecule has 6 rings (SSSR count). The standard InChI is InChI=1S/C47H55NO7/c1-36(46(49)48-29-17-16-20-37-18-14-15-19-37)30-54-47-45(53-34-41-27-12-5-13-28-41)44(52-33-40-25-10-4-11-26-40)43(51-32-39-23-8-3-9-24-39)42(55-47)35-50-31-38-21-6-2-7-22-38/h2-15,18,21-28,36,42-45,47H,16-17,19-20,29-35H2,1H3,(H,48,49)/t36-,42-,43-,44+,45+,47+/m1/s1. The first-order valence-corrected chi connectivity index (χ1v) is 19.6. The number of amides is 1. The summed E-state index contributed by atoms with van der Waals surface area (Å²) in [6.45, 7) is 4.27. The Balaban J connectivity index is 1.19. The maximum absolute atomic E-state index is 13.2. The van der Waals surface area contributed by atoms with Crippen molar-refractivity contribution in [2.24, 2.45) is 5.92 Å². The predicted octanol–water partition coefficient (Wildman–Crippen LogP) is 8.51. The van der Waals surface area contributed by atoms with E-state index in [1.165, 1.54) is 5.57 Å². The lowest BCUT2D eigenvalue weighted by Gasteiger charge is -2.46. The summed E-state index contributed by atoms with van der Waals surface area (Å²) in [4.78, 5) is 13.2. The quantitative estimate of drug-likeness (QED) is 0.0808. The van der Waals surface area contributed by atoms with Crippen LogP contribution in [0.2, 0.25) is 0 Å². The summed E-state index contributed by atoms with van der Waals surface area (Å²) in [5.41, 5.74) is 5.56. The van der Waals surface area contributed by atoms with Gasteiger partial charge < -0.3 is 33.7 Å². The van der Waals surface area contributed by atoms with E-state index in [9.17, 15) is 4.79 Å². The van der Waals surface area contributed by atoms with Gasteiger partial charge in [-0.05, 0) is 47.9 Å². The van der Waals surface area contributed by atoms with Gasteiger partial charge in [-0.2, -0.15) is 0 Å². The summed E-state index contributed by atoms with van der Waals surface area (Å²) in [5, 5.41) is 3.10. The van der Waals surface area contributed by atoms with Crippen LogP contribution in [0.15, 0.2) is 145 Å². The predicted molar refractivity (Wildman–Crippen MR) is 214 cm³/mol. The molecule has 0 saturated carbocycles. The highest BCUT2D eigenvalue weighted by Crippen LogP contribution is 2.32. The van der Waals surface area contributed by atoms with Crippen molar-refractivity contribution in [1.82, 2.24) is 5.32 Å². The van der Waals surface area contributed by atoms with Crippen molar-refractivity contribution in [1.29, 1.82) is 0 Å². The van der Waals surface area contributed by atoms with Gasteiger partial charge in [0.15, 0.2) is 6.29 Å². The molecular formula is C47H55NO7. The van der Waals surface area contributed by atoms with Gasteiger partial charge in [0.1, 0.15) is 24.4 Å². The second-order valence-corrected chi connectivity index (χ2v) is 14.3. The van der Waals surface area contributed by atoms with E-state index >= 15 is 0 Å². The summed E-state index contributed by atoms with van der Waals surface area (Å²) in [7, 11) is 0. The van der Waals surface area contributed by atoms with E-state index in [2.05, 4.69) is 23.5 Å². The Morgan fingerprint density at radius 1 is 0.673 bits per heavy atom. The lowest BCUT2D eigenvalue weighted by atomic mass is 9.97. The number of allylic oxidation sites excluding steroid dienone is 4. The fourth-order valence-corrected chi connectivity index (χ4v) is 6.74. The van der Waals surface area contributed by atoms with Crippen molar-refractivity contribution in [3.05, 3.63) is 167 Å². The van der Waals surface area contributed by atoms with Gasteiger partial charge in [0, 0.05) is 6.54 Å². The summed E-state index contributed by atoms with van der Waals surface area (Å²) >= 11 is 0. The van der Waals surface area contributed by atoms with E-state index in [4.69, 9.17) is 28.4 Å². The number of unbranched alkanes of at least 4 members (excludes halogenated alkanes) is 1. The molecule has 55 heavy (non-hydrogen) atoms. The van der Waals surface area contributed by atoms with Crippen LogP contribution in [0, 0.1) is 5.92 Å². The topological polar surface area (TPSA) is 84.5 Å². The van der Waals surface area contributed by atoms with E-state index in [-0.39, 0.29) is 19.1 Å². The molecular weight excluding hydrogens is 691 g/mol. The summed E-state index contributed by atoms with van der Waals surface area (Å²) < 4.78 is 39.9. The number of nitrogens with one attached hydrogen (secondary N) is 1. The third kappa shape index (κ3) is 13.1. The normalized spacial score (nSPS) is 21.3. The van der Waals surface area contributed by atoms with Crippen molar-refractivity contribution in [2.75, 3.05) is 19.8 Å². The number of carbonyl (C=O) groups excluding carboxylic acids is 1. The summed E-state index contributed by atoms with van der Waals surface area (Å²) in [5.74, 6) is -0.466. The Morgan fingerprint density at radius 2 is 1.20 bits per heavy atom. The molecule has 6 atom stereocenters. The number of ether oxygens (including phenoxy) is 6. The molecule has 1 aliphatic carbocycles. The lowest BCUT2D eigenvalue weighted by molar-refractivity contribution is -0.329. The first-order valence-electron chi connectivity index (χ1n) is 19.6. The van der Waals surface area contributed by atoms with E-state index in [0.717, 1.165) is 47.9 Å². The van der Waals surface area contributed by atoms with Crippen LogP contribution in [-0.4, -0.2) is 56.4 Å². The van der Waals surface area contributed by atoms with Crippen LogP contribution >= 0.6 is 0 Å². The average molecular weight is 746 g/mol. The number of benzene rings is 4. The van der Waals surface area contributed by atoms with Crippen molar-refractivity contribution in [2.45, 2.75) is 89.7 Å². The largest absolute Gasteiger partial charge is 0.374 e. The molecule has 0 bridgehead atoms. The molecule has 1 fully saturated rings. The van der Waals surface area contributed by atoms with Gasteiger partial charge in [-0.1, -0.05) is 152 Å². The zero-order chi connectivity index (χ0) is 37.9. The lowest BCUT2D eigenvalue weighted by Crippen LogP contribution is -2.62. The van der Waals surface area contributed by atoms with Gasteiger partial charge in [0.05, 0.1) is 45.6 Å². The maximum Gasteiger partial charge on any atom is 0.225 e. The molecule has 1 N–H and O–H groups in total. The first-order chi connectivity index (χ1) is 27.1. The van der Waals surface area contributed by atoms with Gasteiger partial charge in [-0.15, -0.1) is 0 Å². The number of hydrogen-bond acceptors (Lipinski definition) is 7. The minimum absolute atomic E-state index is 0.0528. The van der Waals surface area contributed by atoms with Crippen molar-refractivity contribution >= 4 is 5.91 Å². The second kappa shape index (κ2) is 22.2. The number of carbonyl (C=O) groups is 1. The van der Waals surface area contributed by atoms with E-state index in [1.807, 2.05) is 128 Å². The third-order valence-corrected chi connectivity index (χ3v) is 9.87. The molecule has 0 aromatic heterocycles. The fourth-order valence-electron chi connectivity index (χ4n) is 6.74. The minimum atomic E-state index is -0.866. The van der Waals surface area contributed by atoms with Crippen molar-refractivity contribution < 1.29 is 33.2 Å². The molecule has 0 radical (unpaired) electrons. The van der Waals surface area contributed by atoms with Gasteiger partial charge in [0.25, 0.3) is 0 Å². The van der Waals surface area contributed by atoms with E-state index < -0.39 is 36.6 Å². The first kappa shape index (κ1) is 40.3. The molecule has 8 heteroatoms. The molecule has 0 spiro atoms. The maximum atomic E-state index is 13.2. The zero-order valence-corrected chi connectivity index (χ0v) is 31.9. The van der Waals surface area contributed by atoms with Crippen LogP contribution in [0.4, 0.5) is 0 Å². The summed E-state index contributed by atoms with van der Waals surface area (Å²) in [6.07, 6.45) is 7.25. The SMILES string of the molecule is C[C@H](CO[C@H]1O[C@H](COCc2ccccc2)[C@@H](OCc2ccccc2)[C@H](OCc2ccccc2)[C@@H]1OCc1ccccc1)C(=O)NCCCCC1=CC=CC1.